The molecule has 0 radical (unpaired) electrons. The second-order valence-corrected chi connectivity index (χ2v) is 7.40. The summed E-state index contributed by atoms with van der Waals surface area (Å²) in [4.78, 5) is 25.8. The number of hydrogen-bond donors (Lipinski definition) is 1. The number of ether oxygens (including phenoxy) is 1. The summed E-state index contributed by atoms with van der Waals surface area (Å²) in [5.41, 5.74) is 2.18. The fourth-order valence-electron chi connectivity index (χ4n) is 2.75. The Hall–Kier alpha value is -1.85. The highest BCUT2D eigenvalue weighted by atomic mass is 35.5. The highest BCUT2D eigenvalue weighted by molar-refractivity contribution is 7.14. The van der Waals surface area contributed by atoms with Crippen molar-refractivity contribution in [3.05, 3.63) is 56.2 Å². The Balaban J connectivity index is 1.49. The van der Waals surface area contributed by atoms with Gasteiger partial charge in [-0.2, -0.15) is 0 Å². The first-order valence-corrected chi connectivity index (χ1v) is 9.06. The highest BCUT2D eigenvalue weighted by Crippen LogP contribution is 2.30. The molecule has 24 heavy (non-hydrogen) atoms. The van der Waals surface area contributed by atoms with E-state index in [1.807, 2.05) is 25.1 Å². The van der Waals surface area contributed by atoms with Gasteiger partial charge in [0.1, 0.15) is 4.88 Å². The Morgan fingerprint density at radius 1 is 1.29 bits per heavy atom. The summed E-state index contributed by atoms with van der Waals surface area (Å²) in [5.74, 6) is -0.751. The molecular weight excluding hydrogens is 346 g/mol. The molecule has 1 aromatic carbocycles. The van der Waals surface area contributed by atoms with E-state index in [0.29, 0.717) is 9.90 Å². The largest absolute Gasteiger partial charge is 0.451 e. The lowest BCUT2D eigenvalue weighted by atomic mass is 10.1. The van der Waals surface area contributed by atoms with Crippen molar-refractivity contribution in [2.45, 2.75) is 32.2 Å². The van der Waals surface area contributed by atoms with Crippen molar-refractivity contribution in [2.24, 2.45) is 0 Å². The zero-order valence-corrected chi connectivity index (χ0v) is 14.9. The molecule has 1 N–H and O–H groups in total. The molecule has 0 saturated carbocycles. The van der Waals surface area contributed by atoms with Crippen LogP contribution in [0, 0.1) is 0 Å². The maximum Gasteiger partial charge on any atom is 0.348 e. The van der Waals surface area contributed by atoms with Gasteiger partial charge in [-0.15, -0.1) is 11.3 Å². The normalized spacial score (nSPS) is 14.1. The third-order valence-electron chi connectivity index (χ3n) is 4.03. The molecule has 1 aromatic heterocycles. The molecule has 1 atom stereocenters. The first-order chi connectivity index (χ1) is 11.5. The van der Waals surface area contributed by atoms with E-state index in [1.165, 1.54) is 21.8 Å². The molecule has 1 heterocycles. The van der Waals surface area contributed by atoms with Crippen molar-refractivity contribution in [1.29, 1.82) is 0 Å². The molecule has 2 aromatic rings. The molecule has 0 aliphatic heterocycles. The second kappa shape index (κ2) is 7.36. The fourth-order valence-corrected chi connectivity index (χ4v) is 4.02. The monoisotopic (exact) mass is 363 g/mol. The first kappa shape index (κ1) is 17.0. The van der Waals surface area contributed by atoms with Gasteiger partial charge in [0, 0.05) is 9.90 Å². The number of halogens is 1. The number of amides is 1. The van der Waals surface area contributed by atoms with Crippen LogP contribution in [0.2, 0.25) is 5.02 Å². The van der Waals surface area contributed by atoms with Crippen LogP contribution < -0.4 is 5.32 Å². The quantitative estimate of drug-likeness (QED) is 0.819. The average molecular weight is 364 g/mol. The van der Waals surface area contributed by atoms with Crippen LogP contribution in [0.3, 0.4) is 0 Å². The molecule has 0 fully saturated rings. The van der Waals surface area contributed by atoms with Crippen LogP contribution in [0.4, 0.5) is 0 Å². The predicted octanol–water partition coefficient (Wildman–Crippen LogP) is 3.92. The van der Waals surface area contributed by atoms with E-state index in [-0.39, 0.29) is 18.6 Å². The average Bonchev–Trinajstić information content (AvgIpc) is 3.14. The molecule has 1 aliphatic carbocycles. The van der Waals surface area contributed by atoms with E-state index in [9.17, 15) is 9.59 Å². The third-order valence-corrected chi connectivity index (χ3v) is 5.50. The molecule has 126 valence electrons. The second-order valence-electron chi connectivity index (χ2n) is 5.83. The molecule has 6 heteroatoms. The van der Waals surface area contributed by atoms with Crippen molar-refractivity contribution in [1.82, 2.24) is 5.32 Å². The van der Waals surface area contributed by atoms with Gasteiger partial charge >= 0.3 is 5.97 Å². The topological polar surface area (TPSA) is 55.4 Å². The third kappa shape index (κ3) is 3.97. The number of carbonyl (C=O) groups excluding carboxylic acids is 2. The Kier molecular flexibility index (Phi) is 5.21. The van der Waals surface area contributed by atoms with Crippen LogP contribution >= 0.6 is 22.9 Å². The number of benzene rings is 1. The van der Waals surface area contributed by atoms with Crippen LogP contribution in [0.25, 0.3) is 0 Å². The standard InChI is InChI=1S/C18H18ClNO3S/c1-11(12-5-7-14(19)8-6-12)20-17(21)10-23-18(22)16-9-13-3-2-4-15(13)24-16/h5-9,11H,2-4,10H2,1H3,(H,20,21)/t11-/m0/s1. The van der Waals surface area contributed by atoms with Crippen LogP contribution in [0.1, 0.15) is 45.1 Å². The van der Waals surface area contributed by atoms with E-state index in [2.05, 4.69) is 5.32 Å². The van der Waals surface area contributed by atoms with Crippen molar-refractivity contribution >= 4 is 34.8 Å². The van der Waals surface area contributed by atoms with E-state index in [0.717, 1.165) is 24.8 Å². The molecule has 1 aliphatic rings. The molecular formula is C18H18ClNO3S. The summed E-state index contributed by atoms with van der Waals surface area (Å²) < 4.78 is 5.12. The van der Waals surface area contributed by atoms with Gasteiger partial charge in [0.15, 0.2) is 6.61 Å². The van der Waals surface area contributed by atoms with Gasteiger partial charge in [-0.3, -0.25) is 4.79 Å². The minimum Gasteiger partial charge on any atom is -0.451 e. The van der Waals surface area contributed by atoms with E-state index >= 15 is 0 Å². The van der Waals surface area contributed by atoms with Crippen LogP contribution in [-0.2, 0) is 22.4 Å². The minimum atomic E-state index is -0.427. The number of rotatable bonds is 5. The molecule has 4 nitrogen and oxygen atoms in total. The van der Waals surface area contributed by atoms with Gasteiger partial charge in [-0.25, -0.2) is 4.79 Å². The van der Waals surface area contributed by atoms with E-state index in [4.69, 9.17) is 16.3 Å². The van der Waals surface area contributed by atoms with Crippen molar-refractivity contribution < 1.29 is 14.3 Å². The zero-order valence-electron chi connectivity index (χ0n) is 13.3. The zero-order chi connectivity index (χ0) is 17.1. The predicted molar refractivity (Wildman–Crippen MR) is 94.6 cm³/mol. The van der Waals surface area contributed by atoms with Gasteiger partial charge in [-0.1, -0.05) is 23.7 Å². The minimum absolute atomic E-state index is 0.181. The molecule has 1 amide bonds. The summed E-state index contributed by atoms with van der Waals surface area (Å²) in [5, 5.41) is 3.45. The number of carbonyl (C=O) groups is 2. The van der Waals surface area contributed by atoms with Crippen LogP contribution in [0.15, 0.2) is 30.3 Å². The number of esters is 1. The van der Waals surface area contributed by atoms with E-state index in [1.54, 1.807) is 12.1 Å². The van der Waals surface area contributed by atoms with Crippen molar-refractivity contribution in [3.63, 3.8) is 0 Å². The summed E-state index contributed by atoms with van der Waals surface area (Å²) in [7, 11) is 0. The Morgan fingerprint density at radius 3 is 2.75 bits per heavy atom. The SMILES string of the molecule is C[C@H](NC(=O)COC(=O)c1cc2c(s1)CCC2)c1ccc(Cl)cc1. The van der Waals surface area contributed by atoms with Gasteiger partial charge in [0.2, 0.25) is 0 Å². The number of nitrogens with one attached hydrogen (secondary N) is 1. The van der Waals surface area contributed by atoms with Crippen LogP contribution in [0.5, 0.6) is 0 Å². The summed E-state index contributed by atoms with van der Waals surface area (Å²) in [6.45, 7) is 1.59. The van der Waals surface area contributed by atoms with Crippen molar-refractivity contribution in [3.8, 4) is 0 Å². The Morgan fingerprint density at radius 2 is 2.04 bits per heavy atom. The molecule has 0 unspecified atom stereocenters. The highest BCUT2D eigenvalue weighted by Gasteiger charge is 2.20. The van der Waals surface area contributed by atoms with Crippen LogP contribution in [-0.4, -0.2) is 18.5 Å². The lowest BCUT2D eigenvalue weighted by Crippen LogP contribution is -2.31. The lowest BCUT2D eigenvalue weighted by Gasteiger charge is -2.14. The summed E-state index contributed by atoms with van der Waals surface area (Å²) >= 11 is 7.32. The molecule has 0 bridgehead atoms. The Labute approximate surface area is 149 Å². The Bertz CT molecular complexity index is 733. The van der Waals surface area contributed by atoms with E-state index < -0.39 is 5.97 Å². The van der Waals surface area contributed by atoms with Gasteiger partial charge in [0.25, 0.3) is 5.91 Å². The number of hydrogen-bond acceptors (Lipinski definition) is 4. The molecule has 0 saturated heterocycles. The maximum absolute atomic E-state index is 12.0. The smallest absolute Gasteiger partial charge is 0.348 e. The van der Waals surface area contributed by atoms with Gasteiger partial charge < -0.3 is 10.1 Å². The molecule has 3 rings (SSSR count). The summed E-state index contributed by atoms with van der Waals surface area (Å²) in [6, 6.07) is 8.97. The maximum atomic E-state index is 12.0. The number of aryl methyl sites for hydroxylation is 2. The molecule has 0 spiro atoms. The van der Waals surface area contributed by atoms with Gasteiger partial charge in [-0.05, 0) is 55.5 Å². The fraction of sp³-hybridized carbons (Fsp3) is 0.333. The lowest BCUT2D eigenvalue weighted by molar-refractivity contribution is -0.124. The number of fused-ring (bicyclic) bond motifs is 1. The first-order valence-electron chi connectivity index (χ1n) is 7.86. The van der Waals surface area contributed by atoms with Gasteiger partial charge in [0.05, 0.1) is 6.04 Å². The number of thiophene rings is 1. The summed E-state index contributed by atoms with van der Waals surface area (Å²) in [6.07, 6.45) is 3.21. The van der Waals surface area contributed by atoms with Crippen molar-refractivity contribution in [2.75, 3.05) is 6.61 Å².